The smallest absolute Gasteiger partial charge is 0.0456 e. The average Bonchev–Trinajstić information content (AvgIpc) is 2.36. The summed E-state index contributed by atoms with van der Waals surface area (Å²) < 4.78 is 0. The van der Waals surface area contributed by atoms with Crippen molar-refractivity contribution < 1.29 is 0 Å². The monoisotopic (exact) mass is 273 g/mol. The summed E-state index contributed by atoms with van der Waals surface area (Å²) in [4.78, 5) is 0. The van der Waals surface area contributed by atoms with Gasteiger partial charge in [0, 0.05) is 11.1 Å². The van der Waals surface area contributed by atoms with Gasteiger partial charge in [0.2, 0.25) is 0 Å². The van der Waals surface area contributed by atoms with Crippen LogP contribution in [0.3, 0.4) is 0 Å². The maximum Gasteiger partial charge on any atom is 0.0456 e. The Balaban J connectivity index is 2.28. The zero-order chi connectivity index (χ0) is 14.0. The van der Waals surface area contributed by atoms with E-state index in [2.05, 4.69) is 45.0 Å². The van der Waals surface area contributed by atoms with Crippen molar-refractivity contribution in [2.75, 3.05) is 0 Å². The summed E-state index contributed by atoms with van der Waals surface area (Å²) in [6.45, 7) is 6.28. The summed E-state index contributed by atoms with van der Waals surface area (Å²) in [6.07, 6.45) is 0.814. The van der Waals surface area contributed by atoms with E-state index in [4.69, 9.17) is 17.3 Å². The molecule has 1 unspecified atom stereocenters. The van der Waals surface area contributed by atoms with Crippen LogP contribution < -0.4 is 5.73 Å². The molecule has 2 heteroatoms. The summed E-state index contributed by atoms with van der Waals surface area (Å²) in [5, 5.41) is 0.768. The normalized spacial score (nSPS) is 12.5. The second-order valence-corrected chi connectivity index (χ2v) is 5.60. The highest BCUT2D eigenvalue weighted by Crippen LogP contribution is 2.27. The molecule has 2 aromatic carbocycles. The predicted molar refractivity (Wildman–Crippen MR) is 82.7 cm³/mol. The molecule has 0 fully saturated rings. The fourth-order valence-electron chi connectivity index (χ4n) is 2.27. The first-order valence-electron chi connectivity index (χ1n) is 6.55. The van der Waals surface area contributed by atoms with Crippen LogP contribution in [0.25, 0.3) is 0 Å². The van der Waals surface area contributed by atoms with E-state index in [1.807, 2.05) is 12.1 Å². The van der Waals surface area contributed by atoms with E-state index in [0.717, 1.165) is 17.0 Å². The minimum Gasteiger partial charge on any atom is -0.324 e. The van der Waals surface area contributed by atoms with Crippen molar-refractivity contribution in [1.29, 1.82) is 0 Å². The Hall–Kier alpha value is -1.31. The van der Waals surface area contributed by atoms with Crippen molar-refractivity contribution in [3.8, 4) is 0 Å². The van der Waals surface area contributed by atoms with Crippen molar-refractivity contribution >= 4 is 11.6 Å². The van der Waals surface area contributed by atoms with Crippen LogP contribution in [0.15, 0.2) is 36.4 Å². The second-order valence-electron chi connectivity index (χ2n) is 5.20. The van der Waals surface area contributed by atoms with Gasteiger partial charge in [-0.05, 0) is 61.1 Å². The molecule has 0 saturated carbocycles. The molecule has 1 nitrogen and oxygen atoms in total. The topological polar surface area (TPSA) is 26.0 Å². The Morgan fingerprint density at radius 1 is 1.00 bits per heavy atom. The number of halogens is 1. The van der Waals surface area contributed by atoms with Gasteiger partial charge in [-0.3, -0.25) is 0 Å². The van der Waals surface area contributed by atoms with Crippen molar-refractivity contribution in [2.24, 2.45) is 5.73 Å². The molecule has 0 radical (unpaired) electrons. The van der Waals surface area contributed by atoms with E-state index < -0.39 is 0 Å². The van der Waals surface area contributed by atoms with E-state index in [0.29, 0.717) is 0 Å². The van der Waals surface area contributed by atoms with Gasteiger partial charge in [0.25, 0.3) is 0 Å². The van der Waals surface area contributed by atoms with E-state index in [-0.39, 0.29) is 6.04 Å². The highest BCUT2D eigenvalue weighted by Gasteiger charge is 2.13. The Kier molecular flexibility index (Phi) is 4.28. The van der Waals surface area contributed by atoms with Gasteiger partial charge in [0.15, 0.2) is 0 Å². The van der Waals surface area contributed by atoms with Crippen molar-refractivity contribution in [2.45, 2.75) is 33.2 Å². The molecule has 1 atom stereocenters. The first-order chi connectivity index (χ1) is 8.99. The van der Waals surface area contributed by atoms with Crippen LogP contribution in [0.2, 0.25) is 5.02 Å². The Morgan fingerprint density at radius 3 is 2.32 bits per heavy atom. The zero-order valence-electron chi connectivity index (χ0n) is 11.7. The van der Waals surface area contributed by atoms with Crippen LogP contribution in [0.4, 0.5) is 0 Å². The van der Waals surface area contributed by atoms with Gasteiger partial charge in [-0.1, -0.05) is 41.9 Å². The quantitative estimate of drug-likeness (QED) is 0.875. The largest absolute Gasteiger partial charge is 0.324 e. The lowest BCUT2D eigenvalue weighted by Crippen LogP contribution is -2.15. The summed E-state index contributed by atoms with van der Waals surface area (Å²) in [6, 6.07) is 12.4. The number of hydrogen-bond donors (Lipinski definition) is 1. The van der Waals surface area contributed by atoms with Gasteiger partial charge in [-0.15, -0.1) is 0 Å². The number of aryl methyl sites for hydroxylation is 3. The zero-order valence-corrected chi connectivity index (χ0v) is 12.5. The molecule has 19 heavy (non-hydrogen) atoms. The molecule has 0 aliphatic carbocycles. The van der Waals surface area contributed by atoms with Crippen LogP contribution in [0.1, 0.15) is 33.9 Å². The van der Waals surface area contributed by atoms with E-state index >= 15 is 0 Å². The lowest BCUT2D eigenvalue weighted by molar-refractivity contribution is 0.718. The third-order valence-electron chi connectivity index (χ3n) is 3.71. The third-order valence-corrected chi connectivity index (χ3v) is 4.04. The van der Waals surface area contributed by atoms with Crippen LogP contribution >= 0.6 is 11.6 Å². The molecular weight excluding hydrogens is 254 g/mol. The van der Waals surface area contributed by atoms with E-state index in [1.165, 1.54) is 22.3 Å². The highest BCUT2D eigenvalue weighted by molar-refractivity contribution is 6.31. The molecule has 0 aliphatic rings. The lowest BCUT2D eigenvalue weighted by atomic mass is 9.94. The molecular formula is C17H20ClN. The molecule has 0 bridgehead atoms. The summed E-state index contributed by atoms with van der Waals surface area (Å²) in [7, 11) is 0. The summed E-state index contributed by atoms with van der Waals surface area (Å²) in [5.74, 6) is 0. The summed E-state index contributed by atoms with van der Waals surface area (Å²) >= 11 is 6.32. The standard InChI is InChI=1S/C17H20ClN/c1-11-6-4-5-7-14(11)10-17(19)15-8-12(2)13(3)9-16(15)18/h4-9,17H,10,19H2,1-3H3. The van der Waals surface area contributed by atoms with Gasteiger partial charge < -0.3 is 5.73 Å². The molecule has 0 saturated heterocycles. The predicted octanol–water partition coefficient (Wildman–Crippen LogP) is 4.51. The van der Waals surface area contributed by atoms with Gasteiger partial charge >= 0.3 is 0 Å². The van der Waals surface area contributed by atoms with Crippen molar-refractivity contribution in [1.82, 2.24) is 0 Å². The van der Waals surface area contributed by atoms with E-state index in [9.17, 15) is 0 Å². The minimum atomic E-state index is -0.0621. The maximum atomic E-state index is 6.33. The highest BCUT2D eigenvalue weighted by atomic mass is 35.5. The van der Waals surface area contributed by atoms with Crippen molar-refractivity contribution in [3.63, 3.8) is 0 Å². The molecule has 2 aromatic rings. The van der Waals surface area contributed by atoms with Crippen LogP contribution in [-0.2, 0) is 6.42 Å². The summed E-state index contributed by atoms with van der Waals surface area (Å²) in [5.41, 5.74) is 12.4. The number of hydrogen-bond acceptors (Lipinski definition) is 1. The van der Waals surface area contributed by atoms with Crippen LogP contribution in [-0.4, -0.2) is 0 Å². The number of nitrogens with two attached hydrogens (primary N) is 1. The maximum absolute atomic E-state index is 6.33. The average molecular weight is 274 g/mol. The van der Waals surface area contributed by atoms with Gasteiger partial charge in [0.1, 0.15) is 0 Å². The van der Waals surface area contributed by atoms with Crippen LogP contribution in [0.5, 0.6) is 0 Å². The molecule has 100 valence electrons. The molecule has 0 aliphatic heterocycles. The van der Waals surface area contributed by atoms with Crippen LogP contribution in [0, 0.1) is 20.8 Å². The Labute approximate surface area is 120 Å². The van der Waals surface area contributed by atoms with E-state index in [1.54, 1.807) is 0 Å². The molecule has 0 aromatic heterocycles. The molecule has 0 spiro atoms. The third kappa shape index (κ3) is 3.17. The van der Waals surface area contributed by atoms with Gasteiger partial charge in [-0.2, -0.15) is 0 Å². The lowest BCUT2D eigenvalue weighted by Gasteiger charge is -2.17. The Morgan fingerprint density at radius 2 is 1.63 bits per heavy atom. The number of benzene rings is 2. The second kappa shape index (κ2) is 5.77. The van der Waals surface area contributed by atoms with Crippen molar-refractivity contribution in [3.05, 3.63) is 69.2 Å². The van der Waals surface area contributed by atoms with Gasteiger partial charge in [-0.25, -0.2) is 0 Å². The first kappa shape index (κ1) is 14.1. The SMILES string of the molecule is Cc1cc(Cl)c(C(N)Cc2ccccc2C)cc1C. The minimum absolute atomic E-state index is 0.0621. The Bertz CT molecular complexity index is 590. The fourth-order valence-corrected chi connectivity index (χ4v) is 2.63. The molecule has 0 heterocycles. The molecule has 2 rings (SSSR count). The molecule has 0 amide bonds. The van der Waals surface area contributed by atoms with Gasteiger partial charge in [0.05, 0.1) is 0 Å². The number of rotatable bonds is 3. The molecule has 2 N–H and O–H groups in total. The first-order valence-corrected chi connectivity index (χ1v) is 6.93. The fraction of sp³-hybridized carbons (Fsp3) is 0.294.